The van der Waals surface area contributed by atoms with Crippen molar-refractivity contribution in [1.82, 2.24) is 19.4 Å². The minimum absolute atomic E-state index is 0.133. The molecule has 1 atom stereocenters. The number of nitrogens with zero attached hydrogens (tertiary/aromatic N) is 4. The van der Waals surface area contributed by atoms with E-state index in [1.54, 1.807) is 0 Å². The molecule has 0 aromatic carbocycles. The lowest BCUT2D eigenvalue weighted by atomic mass is 9.60. The number of amides is 1. The first-order chi connectivity index (χ1) is 11.6. The van der Waals surface area contributed by atoms with Crippen LogP contribution in [0.4, 0.5) is 4.79 Å². The molecule has 2 aliphatic heterocycles. The summed E-state index contributed by atoms with van der Waals surface area (Å²) in [6.07, 6.45) is 10.1. The third-order valence-electron chi connectivity index (χ3n) is 6.28. The van der Waals surface area contributed by atoms with Gasteiger partial charge in [-0.2, -0.15) is 0 Å². The number of hydrogen-bond acceptors (Lipinski definition) is 4. The second-order valence-electron chi connectivity index (χ2n) is 7.62. The third-order valence-corrected chi connectivity index (χ3v) is 6.28. The number of carbonyl (C=O) groups excluding carboxylic acids is 1. The molecule has 3 aliphatic rings. The van der Waals surface area contributed by atoms with E-state index in [0.29, 0.717) is 17.9 Å². The lowest BCUT2D eigenvalue weighted by Crippen LogP contribution is -2.75. The molecule has 1 aromatic heterocycles. The Kier molecular flexibility index (Phi) is 4.03. The summed E-state index contributed by atoms with van der Waals surface area (Å²) in [6.45, 7) is 5.30. The number of ether oxygens (including phenoxy) is 1. The van der Waals surface area contributed by atoms with E-state index in [9.17, 15) is 4.79 Å². The quantitative estimate of drug-likeness (QED) is 0.854. The molecule has 0 N–H and O–H groups in total. The summed E-state index contributed by atoms with van der Waals surface area (Å²) in [5.74, 6) is 1.73. The molecule has 1 aliphatic carbocycles. The molecule has 6 heteroatoms. The average Bonchev–Trinajstić information content (AvgIpc) is 2.92. The van der Waals surface area contributed by atoms with Gasteiger partial charge in [-0.05, 0) is 32.6 Å². The van der Waals surface area contributed by atoms with Crippen LogP contribution >= 0.6 is 0 Å². The molecule has 4 rings (SSSR count). The maximum absolute atomic E-state index is 12.3. The monoisotopic (exact) mass is 332 g/mol. The first-order valence-electron chi connectivity index (χ1n) is 9.29. The van der Waals surface area contributed by atoms with Gasteiger partial charge in [0, 0.05) is 50.4 Å². The summed E-state index contributed by atoms with van der Waals surface area (Å²) in [4.78, 5) is 21.3. The number of carbonyl (C=O) groups is 1. The molecule has 3 fully saturated rings. The van der Waals surface area contributed by atoms with Crippen molar-refractivity contribution < 1.29 is 9.53 Å². The van der Waals surface area contributed by atoms with E-state index in [1.807, 2.05) is 24.2 Å². The Balaban J connectivity index is 1.43. The van der Waals surface area contributed by atoms with E-state index in [0.717, 1.165) is 32.5 Å². The fraction of sp³-hybridized carbons (Fsp3) is 0.778. The average molecular weight is 332 g/mol. The molecule has 2 saturated heterocycles. The Labute approximate surface area is 143 Å². The van der Waals surface area contributed by atoms with Gasteiger partial charge in [-0.25, -0.2) is 9.78 Å². The fourth-order valence-corrected chi connectivity index (χ4v) is 4.90. The van der Waals surface area contributed by atoms with Crippen LogP contribution in [0.5, 0.6) is 0 Å². The molecule has 1 saturated carbocycles. The van der Waals surface area contributed by atoms with Crippen LogP contribution in [-0.2, 0) is 11.8 Å². The molecule has 3 heterocycles. The van der Waals surface area contributed by atoms with Gasteiger partial charge in [0.2, 0.25) is 0 Å². The number of aromatic nitrogens is 2. The number of rotatable bonds is 3. The Morgan fingerprint density at radius 2 is 2.12 bits per heavy atom. The van der Waals surface area contributed by atoms with Gasteiger partial charge >= 0.3 is 6.09 Å². The zero-order valence-electron chi connectivity index (χ0n) is 14.8. The van der Waals surface area contributed by atoms with E-state index >= 15 is 0 Å². The molecule has 0 bridgehead atoms. The molecule has 132 valence electrons. The molecule has 0 radical (unpaired) electrons. The van der Waals surface area contributed by atoms with Gasteiger partial charge in [-0.3, -0.25) is 9.80 Å². The second-order valence-corrected chi connectivity index (χ2v) is 7.62. The van der Waals surface area contributed by atoms with Gasteiger partial charge in [0.05, 0.1) is 12.8 Å². The number of aryl methyl sites for hydroxylation is 1. The van der Waals surface area contributed by atoms with Crippen LogP contribution in [0.25, 0.3) is 0 Å². The van der Waals surface area contributed by atoms with Crippen molar-refractivity contribution in [3.05, 3.63) is 18.2 Å². The maximum Gasteiger partial charge on any atom is 0.411 e. The predicted octanol–water partition coefficient (Wildman–Crippen LogP) is 2.57. The molecular formula is C18H28N4O2. The summed E-state index contributed by atoms with van der Waals surface area (Å²) in [7, 11) is 2.08. The van der Waals surface area contributed by atoms with Crippen LogP contribution < -0.4 is 0 Å². The first-order valence-corrected chi connectivity index (χ1v) is 9.29. The van der Waals surface area contributed by atoms with Crippen LogP contribution in [0.3, 0.4) is 0 Å². The van der Waals surface area contributed by atoms with Crippen LogP contribution in [0.1, 0.15) is 50.8 Å². The van der Waals surface area contributed by atoms with Gasteiger partial charge < -0.3 is 9.30 Å². The highest BCUT2D eigenvalue weighted by molar-refractivity contribution is 5.69. The van der Waals surface area contributed by atoms with E-state index in [-0.39, 0.29) is 12.3 Å². The smallest absolute Gasteiger partial charge is 0.411 e. The molecule has 1 aromatic rings. The topological polar surface area (TPSA) is 50.6 Å². The molecule has 6 nitrogen and oxygen atoms in total. The molecule has 24 heavy (non-hydrogen) atoms. The summed E-state index contributed by atoms with van der Waals surface area (Å²) >= 11 is 0. The van der Waals surface area contributed by atoms with Crippen LogP contribution in [0.15, 0.2) is 12.4 Å². The highest BCUT2D eigenvalue weighted by Crippen LogP contribution is 2.54. The Bertz CT molecular complexity index is 602. The Morgan fingerprint density at radius 1 is 1.38 bits per heavy atom. The zero-order chi connectivity index (χ0) is 16.7. The van der Waals surface area contributed by atoms with Crippen molar-refractivity contribution >= 4 is 6.09 Å². The zero-order valence-corrected chi connectivity index (χ0v) is 14.8. The van der Waals surface area contributed by atoms with Crippen molar-refractivity contribution in [2.45, 2.75) is 51.1 Å². The minimum atomic E-state index is -0.133. The van der Waals surface area contributed by atoms with Gasteiger partial charge in [-0.15, -0.1) is 0 Å². The van der Waals surface area contributed by atoms with Gasteiger partial charge in [0.15, 0.2) is 0 Å². The Morgan fingerprint density at radius 3 is 2.67 bits per heavy atom. The summed E-state index contributed by atoms with van der Waals surface area (Å²) in [5.41, 5.74) is 0.350. The lowest BCUT2D eigenvalue weighted by molar-refractivity contribution is -0.182. The summed E-state index contributed by atoms with van der Waals surface area (Å²) < 4.78 is 7.41. The van der Waals surface area contributed by atoms with Crippen LogP contribution in [-0.4, -0.2) is 57.9 Å². The highest BCUT2D eigenvalue weighted by atomic mass is 16.6. The van der Waals surface area contributed by atoms with E-state index in [4.69, 9.17) is 4.74 Å². The van der Waals surface area contributed by atoms with E-state index < -0.39 is 0 Å². The minimum Gasteiger partial charge on any atom is -0.450 e. The molecule has 1 unspecified atom stereocenters. The molecular weight excluding hydrogens is 304 g/mol. The van der Waals surface area contributed by atoms with Crippen molar-refractivity contribution in [3.63, 3.8) is 0 Å². The van der Waals surface area contributed by atoms with Crippen molar-refractivity contribution in [2.24, 2.45) is 12.5 Å². The highest BCUT2D eigenvalue weighted by Gasteiger charge is 2.60. The lowest BCUT2D eigenvalue weighted by Gasteiger charge is -2.65. The second kappa shape index (κ2) is 6.06. The maximum atomic E-state index is 12.3. The number of hydrogen-bond donors (Lipinski definition) is 0. The standard InChI is InChI=1S/C18H28N4O2/c1-3-24-17(23)22-13-18(7-4-8-18)16(22)21-10-5-14(6-11-21)15-19-9-12-20(15)2/h9,12,14,16H,3-8,10-11,13H2,1-2H3. The van der Waals surface area contributed by atoms with Crippen molar-refractivity contribution in [3.8, 4) is 0 Å². The Hall–Kier alpha value is -1.56. The van der Waals surface area contributed by atoms with Crippen LogP contribution in [0, 0.1) is 5.41 Å². The van der Waals surface area contributed by atoms with Crippen LogP contribution in [0.2, 0.25) is 0 Å². The van der Waals surface area contributed by atoms with Gasteiger partial charge in [0.25, 0.3) is 0 Å². The number of imidazole rings is 1. The van der Waals surface area contributed by atoms with E-state index in [2.05, 4.69) is 21.5 Å². The third kappa shape index (κ3) is 2.42. The first kappa shape index (κ1) is 15.9. The summed E-state index contributed by atoms with van der Waals surface area (Å²) in [6, 6.07) is 0. The predicted molar refractivity (Wildman–Crippen MR) is 90.6 cm³/mol. The SMILES string of the molecule is CCOC(=O)N1CC2(CCC2)C1N1CCC(c2nccn2C)CC1. The fourth-order valence-electron chi connectivity index (χ4n) is 4.90. The number of piperidine rings is 1. The molecule has 1 amide bonds. The molecule has 1 spiro atoms. The normalized spacial score (nSPS) is 26.9. The van der Waals surface area contributed by atoms with Crippen molar-refractivity contribution in [2.75, 3.05) is 26.2 Å². The van der Waals surface area contributed by atoms with Crippen molar-refractivity contribution in [1.29, 1.82) is 0 Å². The van der Waals surface area contributed by atoms with Gasteiger partial charge in [-0.1, -0.05) is 6.42 Å². The summed E-state index contributed by atoms with van der Waals surface area (Å²) in [5, 5.41) is 0. The number of likely N-dealkylation sites (tertiary alicyclic amines) is 2. The van der Waals surface area contributed by atoms with E-state index in [1.165, 1.54) is 25.1 Å². The largest absolute Gasteiger partial charge is 0.450 e. The van der Waals surface area contributed by atoms with Gasteiger partial charge in [0.1, 0.15) is 5.82 Å².